The second kappa shape index (κ2) is 7.29. The first-order chi connectivity index (χ1) is 11.3. The van der Waals surface area contributed by atoms with Crippen molar-refractivity contribution in [2.75, 3.05) is 17.2 Å². The summed E-state index contributed by atoms with van der Waals surface area (Å²) < 4.78 is 38.1. The number of alkyl halides is 3. The molecule has 0 saturated heterocycles. The summed E-state index contributed by atoms with van der Waals surface area (Å²) in [6.07, 6.45) is -3.24. The smallest absolute Gasteiger partial charge is 0.370 e. The van der Waals surface area contributed by atoms with E-state index in [1.807, 2.05) is 13.8 Å². The highest BCUT2D eigenvalue weighted by molar-refractivity contribution is 6.03. The first kappa shape index (κ1) is 17.7. The van der Waals surface area contributed by atoms with E-state index in [1.54, 1.807) is 0 Å². The lowest BCUT2D eigenvalue weighted by atomic mass is 10.2. The van der Waals surface area contributed by atoms with Crippen LogP contribution < -0.4 is 10.6 Å². The maximum Gasteiger partial charge on any atom is 0.416 e. The molecule has 0 spiro atoms. The fourth-order valence-electron chi connectivity index (χ4n) is 1.86. The largest absolute Gasteiger partial charge is 0.416 e. The van der Waals surface area contributed by atoms with Crippen molar-refractivity contribution in [3.8, 4) is 0 Å². The molecule has 1 aromatic heterocycles. The molecule has 128 valence electrons. The number of benzene rings is 1. The van der Waals surface area contributed by atoms with Crippen molar-refractivity contribution < 1.29 is 18.0 Å². The number of halogens is 3. The van der Waals surface area contributed by atoms with E-state index in [0.717, 1.165) is 12.1 Å². The number of anilines is 2. The van der Waals surface area contributed by atoms with Crippen LogP contribution in [0, 0.1) is 5.92 Å². The standard InChI is InChI=1S/C16H17F3N4O/c1-10(2)8-20-14-7-13(21-9-22-14)15(24)23-12-5-3-4-11(6-12)16(17,18)19/h3-7,9-10H,8H2,1-2H3,(H,23,24)(H,20,21,22). The zero-order chi connectivity index (χ0) is 17.7. The van der Waals surface area contributed by atoms with Gasteiger partial charge in [0.25, 0.3) is 5.91 Å². The van der Waals surface area contributed by atoms with Crippen molar-refractivity contribution >= 4 is 17.4 Å². The Labute approximate surface area is 137 Å². The summed E-state index contributed by atoms with van der Waals surface area (Å²) in [6, 6.07) is 5.87. The van der Waals surface area contributed by atoms with Gasteiger partial charge in [-0.05, 0) is 24.1 Å². The summed E-state index contributed by atoms with van der Waals surface area (Å²) in [5.41, 5.74) is -0.721. The zero-order valence-corrected chi connectivity index (χ0v) is 13.2. The highest BCUT2D eigenvalue weighted by atomic mass is 19.4. The van der Waals surface area contributed by atoms with Crippen molar-refractivity contribution in [3.05, 3.63) is 47.9 Å². The molecular formula is C16H17F3N4O. The van der Waals surface area contributed by atoms with Gasteiger partial charge in [0.05, 0.1) is 5.56 Å². The first-order valence-electron chi connectivity index (χ1n) is 7.30. The molecule has 2 aromatic rings. The topological polar surface area (TPSA) is 66.9 Å². The van der Waals surface area contributed by atoms with Gasteiger partial charge in [-0.25, -0.2) is 9.97 Å². The van der Waals surface area contributed by atoms with Gasteiger partial charge in [0.2, 0.25) is 0 Å². The van der Waals surface area contributed by atoms with E-state index in [-0.39, 0.29) is 11.4 Å². The highest BCUT2D eigenvalue weighted by Gasteiger charge is 2.30. The fraction of sp³-hybridized carbons (Fsp3) is 0.312. The van der Waals surface area contributed by atoms with Crippen LogP contribution >= 0.6 is 0 Å². The van der Waals surface area contributed by atoms with E-state index in [0.29, 0.717) is 18.3 Å². The maximum atomic E-state index is 12.7. The minimum Gasteiger partial charge on any atom is -0.370 e. The van der Waals surface area contributed by atoms with Crippen molar-refractivity contribution in [2.24, 2.45) is 5.92 Å². The minimum atomic E-state index is -4.47. The highest BCUT2D eigenvalue weighted by Crippen LogP contribution is 2.30. The molecule has 24 heavy (non-hydrogen) atoms. The molecule has 1 aromatic carbocycles. The average Bonchev–Trinajstić information content (AvgIpc) is 2.52. The van der Waals surface area contributed by atoms with Crippen LogP contribution in [0.3, 0.4) is 0 Å². The Bertz CT molecular complexity index is 716. The Hall–Kier alpha value is -2.64. The number of nitrogens with one attached hydrogen (secondary N) is 2. The molecular weight excluding hydrogens is 321 g/mol. The van der Waals surface area contributed by atoms with Crippen molar-refractivity contribution in [1.29, 1.82) is 0 Å². The third-order valence-corrected chi connectivity index (χ3v) is 3.04. The number of hydrogen-bond acceptors (Lipinski definition) is 4. The lowest BCUT2D eigenvalue weighted by Crippen LogP contribution is -2.16. The summed E-state index contributed by atoms with van der Waals surface area (Å²) in [6.45, 7) is 4.72. The van der Waals surface area contributed by atoms with Gasteiger partial charge < -0.3 is 10.6 Å². The van der Waals surface area contributed by atoms with Crippen LogP contribution in [0.2, 0.25) is 0 Å². The van der Waals surface area contributed by atoms with Gasteiger partial charge in [-0.15, -0.1) is 0 Å². The molecule has 0 bridgehead atoms. The molecule has 2 N–H and O–H groups in total. The number of carbonyl (C=O) groups excluding carboxylic acids is 1. The van der Waals surface area contributed by atoms with Gasteiger partial charge in [0.15, 0.2) is 0 Å². The van der Waals surface area contributed by atoms with Crippen LogP contribution in [0.15, 0.2) is 36.7 Å². The Balaban J connectivity index is 2.11. The normalized spacial score (nSPS) is 11.4. The SMILES string of the molecule is CC(C)CNc1cc(C(=O)Nc2cccc(C(F)(F)F)c2)ncn1. The van der Waals surface area contributed by atoms with Gasteiger partial charge in [-0.2, -0.15) is 13.2 Å². The van der Waals surface area contributed by atoms with E-state index in [1.165, 1.54) is 24.5 Å². The van der Waals surface area contributed by atoms with E-state index < -0.39 is 17.6 Å². The van der Waals surface area contributed by atoms with E-state index in [2.05, 4.69) is 20.6 Å². The third-order valence-electron chi connectivity index (χ3n) is 3.04. The lowest BCUT2D eigenvalue weighted by Gasteiger charge is -2.11. The summed E-state index contributed by atoms with van der Waals surface area (Å²) in [5.74, 6) is 0.263. The summed E-state index contributed by atoms with van der Waals surface area (Å²) in [7, 11) is 0. The average molecular weight is 338 g/mol. The van der Waals surface area contributed by atoms with Crippen molar-refractivity contribution in [1.82, 2.24) is 9.97 Å². The first-order valence-corrected chi connectivity index (χ1v) is 7.30. The Morgan fingerprint density at radius 2 is 1.96 bits per heavy atom. The van der Waals surface area contributed by atoms with E-state index in [9.17, 15) is 18.0 Å². The van der Waals surface area contributed by atoms with E-state index in [4.69, 9.17) is 0 Å². The monoisotopic (exact) mass is 338 g/mol. The van der Waals surface area contributed by atoms with Crippen molar-refractivity contribution in [2.45, 2.75) is 20.0 Å². The fourth-order valence-corrected chi connectivity index (χ4v) is 1.86. The second-order valence-electron chi connectivity index (χ2n) is 5.60. The van der Waals surface area contributed by atoms with Crippen LogP contribution in [-0.2, 0) is 6.18 Å². The Morgan fingerprint density at radius 1 is 1.21 bits per heavy atom. The molecule has 0 saturated carbocycles. The van der Waals surface area contributed by atoms with Gasteiger partial charge in [0.1, 0.15) is 17.8 Å². The van der Waals surface area contributed by atoms with Crippen LogP contribution in [0.4, 0.5) is 24.7 Å². The summed E-state index contributed by atoms with van der Waals surface area (Å²) in [4.78, 5) is 20.0. The molecule has 2 rings (SSSR count). The van der Waals surface area contributed by atoms with Crippen molar-refractivity contribution in [3.63, 3.8) is 0 Å². The Kier molecular flexibility index (Phi) is 5.38. The quantitative estimate of drug-likeness (QED) is 0.870. The van der Waals surface area contributed by atoms with Crippen LogP contribution in [0.1, 0.15) is 29.9 Å². The number of nitrogens with zero attached hydrogens (tertiary/aromatic N) is 2. The molecule has 0 radical (unpaired) electrons. The molecule has 0 aliphatic rings. The second-order valence-corrected chi connectivity index (χ2v) is 5.60. The molecule has 0 aliphatic heterocycles. The molecule has 0 atom stereocenters. The van der Waals surface area contributed by atoms with Crippen LogP contribution in [-0.4, -0.2) is 22.4 Å². The van der Waals surface area contributed by atoms with Gasteiger partial charge >= 0.3 is 6.18 Å². The van der Waals surface area contributed by atoms with Gasteiger partial charge in [0, 0.05) is 18.3 Å². The molecule has 0 aliphatic carbocycles. The summed E-state index contributed by atoms with van der Waals surface area (Å²) >= 11 is 0. The molecule has 1 heterocycles. The number of rotatable bonds is 5. The van der Waals surface area contributed by atoms with Gasteiger partial charge in [-0.1, -0.05) is 19.9 Å². The molecule has 5 nitrogen and oxygen atoms in total. The van der Waals surface area contributed by atoms with Crippen LogP contribution in [0.5, 0.6) is 0 Å². The van der Waals surface area contributed by atoms with Crippen LogP contribution in [0.25, 0.3) is 0 Å². The third kappa shape index (κ3) is 4.94. The number of aromatic nitrogens is 2. The minimum absolute atomic E-state index is 0.0464. The molecule has 0 fully saturated rings. The predicted molar refractivity (Wildman–Crippen MR) is 84.8 cm³/mol. The Morgan fingerprint density at radius 3 is 2.62 bits per heavy atom. The van der Waals surface area contributed by atoms with E-state index >= 15 is 0 Å². The van der Waals surface area contributed by atoms with Gasteiger partial charge in [-0.3, -0.25) is 4.79 Å². The maximum absolute atomic E-state index is 12.7. The molecule has 0 unspecified atom stereocenters. The number of amides is 1. The predicted octanol–water partition coefficient (Wildman–Crippen LogP) is 3.82. The zero-order valence-electron chi connectivity index (χ0n) is 13.2. The molecule has 8 heteroatoms. The number of hydrogen-bond donors (Lipinski definition) is 2. The lowest BCUT2D eigenvalue weighted by molar-refractivity contribution is -0.137. The number of carbonyl (C=O) groups is 1. The molecule has 1 amide bonds. The summed E-state index contributed by atoms with van der Waals surface area (Å²) in [5, 5.41) is 5.46.